The lowest BCUT2D eigenvalue weighted by Crippen LogP contribution is -2.60. The monoisotopic (exact) mass is 305 g/mol. The van der Waals surface area contributed by atoms with Crippen LogP contribution in [0.2, 0.25) is 0 Å². The minimum absolute atomic E-state index is 0.0462. The molecule has 0 bridgehead atoms. The zero-order chi connectivity index (χ0) is 15.7. The van der Waals surface area contributed by atoms with E-state index in [4.69, 9.17) is 9.47 Å². The first-order valence-electron chi connectivity index (χ1n) is 7.18. The van der Waals surface area contributed by atoms with E-state index in [1.165, 1.54) is 4.90 Å². The molecule has 0 aliphatic carbocycles. The molecule has 2 fully saturated rings. The van der Waals surface area contributed by atoms with Crippen LogP contribution in [0.3, 0.4) is 0 Å². The van der Waals surface area contributed by atoms with Gasteiger partial charge < -0.3 is 24.6 Å². The zero-order valence-corrected chi connectivity index (χ0v) is 12.6. The lowest BCUT2D eigenvalue weighted by molar-refractivity contribution is -0.141. The summed E-state index contributed by atoms with van der Waals surface area (Å²) in [6, 6.07) is 6.77. The van der Waals surface area contributed by atoms with Gasteiger partial charge in [-0.25, -0.2) is 4.79 Å². The van der Waals surface area contributed by atoms with Crippen molar-refractivity contribution >= 4 is 11.9 Å². The van der Waals surface area contributed by atoms with Crippen LogP contribution in [-0.4, -0.2) is 67.7 Å². The quantitative estimate of drug-likeness (QED) is 0.869. The first kappa shape index (κ1) is 14.5. The third-order valence-electron chi connectivity index (χ3n) is 3.92. The number of para-hydroxylation sites is 2. The summed E-state index contributed by atoms with van der Waals surface area (Å²) < 4.78 is 11.1. The van der Waals surface area contributed by atoms with Crippen LogP contribution in [0.1, 0.15) is 0 Å². The Kier molecular flexibility index (Phi) is 3.79. The molecule has 2 aliphatic rings. The number of urea groups is 1. The number of nitrogens with zero attached hydrogens (tertiary/aromatic N) is 2. The maximum absolute atomic E-state index is 12.2. The number of carbonyl (C=O) groups excluding carboxylic acids is 2. The maximum Gasteiger partial charge on any atom is 0.317 e. The van der Waals surface area contributed by atoms with Crippen molar-refractivity contribution in [2.24, 2.45) is 0 Å². The second kappa shape index (κ2) is 5.75. The van der Waals surface area contributed by atoms with E-state index >= 15 is 0 Å². The van der Waals surface area contributed by atoms with Crippen molar-refractivity contribution in [1.82, 2.24) is 15.1 Å². The van der Waals surface area contributed by atoms with Gasteiger partial charge in [0, 0.05) is 7.05 Å². The van der Waals surface area contributed by atoms with Gasteiger partial charge in [0.1, 0.15) is 12.1 Å². The number of likely N-dealkylation sites (tertiary alicyclic amines) is 1. The van der Waals surface area contributed by atoms with E-state index in [1.54, 1.807) is 19.1 Å². The predicted molar refractivity (Wildman–Crippen MR) is 78.9 cm³/mol. The highest BCUT2D eigenvalue weighted by Gasteiger charge is 2.40. The van der Waals surface area contributed by atoms with Crippen molar-refractivity contribution in [3.05, 3.63) is 24.3 Å². The minimum Gasteiger partial charge on any atom is -0.493 e. The molecule has 22 heavy (non-hydrogen) atoms. The third-order valence-corrected chi connectivity index (χ3v) is 3.92. The van der Waals surface area contributed by atoms with E-state index in [-0.39, 0.29) is 18.0 Å². The Morgan fingerprint density at radius 3 is 2.50 bits per heavy atom. The highest BCUT2D eigenvalue weighted by molar-refractivity contribution is 5.90. The molecule has 7 heteroatoms. The zero-order valence-electron chi connectivity index (χ0n) is 12.6. The molecule has 1 unspecified atom stereocenters. The second-order valence-corrected chi connectivity index (χ2v) is 5.52. The Balaban J connectivity index is 1.52. The summed E-state index contributed by atoms with van der Waals surface area (Å²) in [7, 11) is 3.27. The van der Waals surface area contributed by atoms with Gasteiger partial charge in [-0.1, -0.05) is 12.1 Å². The molecular formula is C15H19N3O4. The Labute approximate surface area is 128 Å². The number of ether oxygens (including phenoxy) is 2. The summed E-state index contributed by atoms with van der Waals surface area (Å²) in [5.74, 6) is 1.30. The molecule has 2 aliphatic heterocycles. The fourth-order valence-electron chi connectivity index (χ4n) is 2.61. The summed E-state index contributed by atoms with van der Waals surface area (Å²) >= 11 is 0. The van der Waals surface area contributed by atoms with E-state index in [0.29, 0.717) is 31.1 Å². The van der Waals surface area contributed by atoms with Crippen molar-refractivity contribution in [1.29, 1.82) is 0 Å². The largest absolute Gasteiger partial charge is 0.493 e. The highest BCUT2D eigenvalue weighted by atomic mass is 16.5. The Morgan fingerprint density at radius 2 is 1.91 bits per heavy atom. The number of hydrogen-bond acceptors (Lipinski definition) is 4. The van der Waals surface area contributed by atoms with Crippen LogP contribution in [0.15, 0.2) is 24.3 Å². The van der Waals surface area contributed by atoms with Gasteiger partial charge in [-0.05, 0) is 12.1 Å². The van der Waals surface area contributed by atoms with Gasteiger partial charge in [0.2, 0.25) is 5.91 Å². The lowest BCUT2D eigenvalue weighted by Gasteiger charge is -2.40. The van der Waals surface area contributed by atoms with Gasteiger partial charge in [-0.3, -0.25) is 4.79 Å². The molecule has 1 aromatic carbocycles. The summed E-state index contributed by atoms with van der Waals surface area (Å²) in [4.78, 5) is 26.8. The van der Waals surface area contributed by atoms with Crippen molar-refractivity contribution in [2.75, 3.05) is 33.8 Å². The average molecular weight is 305 g/mol. The van der Waals surface area contributed by atoms with Crippen molar-refractivity contribution in [3.8, 4) is 11.5 Å². The van der Waals surface area contributed by atoms with Gasteiger partial charge in [0.05, 0.1) is 26.7 Å². The summed E-state index contributed by atoms with van der Waals surface area (Å²) in [5, 5.41) is 2.67. The molecule has 0 aromatic heterocycles. The van der Waals surface area contributed by atoms with Gasteiger partial charge in [0.15, 0.2) is 11.5 Å². The second-order valence-electron chi connectivity index (χ2n) is 5.52. The van der Waals surface area contributed by atoms with Gasteiger partial charge in [0.25, 0.3) is 0 Å². The Morgan fingerprint density at radius 1 is 1.23 bits per heavy atom. The van der Waals surface area contributed by atoms with Crippen LogP contribution >= 0.6 is 0 Å². The first-order chi connectivity index (χ1) is 10.6. The standard InChI is InChI=1S/C15H19N3O4/c1-17-9-11(16-15(17)20)14(19)18-7-10(8-18)22-13-6-4-3-5-12(13)21-2/h3-6,10-11H,7-9H2,1-2H3,(H,16,20). The molecule has 118 valence electrons. The van der Waals surface area contributed by atoms with Gasteiger partial charge >= 0.3 is 6.03 Å². The summed E-state index contributed by atoms with van der Waals surface area (Å²) in [5.41, 5.74) is 0. The van der Waals surface area contributed by atoms with Gasteiger partial charge in [-0.15, -0.1) is 0 Å². The Hall–Kier alpha value is -2.44. The average Bonchev–Trinajstić information content (AvgIpc) is 2.82. The lowest BCUT2D eigenvalue weighted by atomic mass is 10.1. The normalized spacial score (nSPS) is 21.4. The molecule has 7 nitrogen and oxygen atoms in total. The SMILES string of the molecule is COc1ccccc1OC1CN(C(=O)C2CN(C)C(=O)N2)C1. The fraction of sp³-hybridized carbons (Fsp3) is 0.467. The molecular weight excluding hydrogens is 286 g/mol. The molecule has 3 amide bonds. The highest BCUT2D eigenvalue weighted by Crippen LogP contribution is 2.28. The van der Waals surface area contributed by atoms with Crippen molar-refractivity contribution in [3.63, 3.8) is 0 Å². The number of amides is 3. The first-order valence-corrected chi connectivity index (χ1v) is 7.18. The number of rotatable bonds is 4. The molecule has 0 spiro atoms. The van der Waals surface area contributed by atoms with E-state index in [2.05, 4.69) is 5.32 Å². The van der Waals surface area contributed by atoms with Crippen molar-refractivity contribution in [2.45, 2.75) is 12.1 Å². The fourth-order valence-corrected chi connectivity index (χ4v) is 2.61. The van der Waals surface area contributed by atoms with Crippen LogP contribution < -0.4 is 14.8 Å². The van der Waals surface area contributed by atoms with Crippen LogP contribution in [0, 0.1) is 0 Å². The molecule has 2 saturated heterocycles. The van der Waals surface area contributed by atoms with Crippen LogP contribution in [0.4, 0.5) is 4.79 Å². The number of benzene rings is 1. The topological polar surface area (TPSA) is 71.1 Å². The number of likely N-dealkylation sites (N-methyl/N-ethyl adjacent to an activating group) is 1. The summed E-state index contributed by atoms with van der Waals surface area (Å²) in [6.07, 6.45) is -0.0462. The van der Waals surface area contributed by atoms with E-state index < -0.39 is 6.04 Å². The maximum atomic E-state index is 12.2. The molecule has 1 N–H and O–H groups in total. The molecule has 1 aromatic rings. The number of carbonyl (C=O) groups is 2. The van der Waals surface area contributed by atoms with Crippen molar-refractivity contribution < 1.29 is 19.1 Å². The molecule has 3 rings (SSSR count). The smallest absolute Gasteiger partial charge is 0.317 e. The number of nitrogens with one attached hydrogen (secondary N) is 1. The molecule has 2 heterocycles. The van der Waals surface area contributed by atoms with Crippen LogP contribution in [0.5, 0.6) is 11.5 Å². The number of methoxy groups -OCH3 is 1. The molecule has 0 saturated carbocycles. The predicted octanol–water partition coefficient (Wildman–Crippen LogP) is 0.308. The molecule has 1 atom stereocenters. The molecule has 0 radical (unpaired) electrons. The minimum atomic E-state index is -0.454. The number of hydrogen-bond donors (Lipinski definition) is 1. The van der Waals surface area contributed by atoms with Gasteiger partial charge in [-0.2, -0.15) is 0 Å². The summed E-state index contributed by atoms with van der Waals surface area (Å²) in [6.45, 7) is 1.45. The van der Waals surface area contributed by atoms with Crippen LogP contribution in [-0.2, 0) is 4.79 Å². The van der Waals surface area contributed by atoms with E-state index in [9.17, 15) is 9.59 Å². The third kappa shape index (κ3) is 2.66. The van der Waals surface area contributed by atoms with Crippen LogP contribution in [0.25, 0.3) is 0 Å². The Bertz CT molecular complexity index is 586. The van der Waals surface area contributed by atoms with E-state index in [0.717, 1.165) is 0 Å². The van der Waals surface area contributed by atoms with E-state index in [1.807, 2.05) is 24.3 Å².